The molecule has 98 valence electrons. The smallest absolute Gasteiger partial charge is 0.162 e. The summed E-state index contributed by atoms with van der Waals surface area (Å²) in [6.45, 7) is 0. The Bertz CT molecular complexity index is 564. The molecular formula is C16H14F2O. The summed E-state index contributed by atoms with van der Waals surface area (Å²) in [5, 5.41) is 0. The van der Waals surface area contributed by atoms with Crippen LogP contribution in [-0.4, -0.2) is 5.78 Å². The maximum atomic E-state index is 13.4. The molecule has 2 rings (SSSR count). The van der Waals surface area contributed by atoms with Gasteiger partial charge >= 0.3 is 0 Å². The first kappa shape index (κ1) is 13.4. The zero-order chi connectivity index (χ0) is 13.7. The van der Waals surface area contributed by atoms with E-state index in [1.807, 2.05) is 6.07 Å². The van der Waals surface area contributed by atoms with Crippen molar-refractivity contribution in [1.29, 1.82) is 0 Å². The van der Waals surface area contributed by atoms with Crippen molar-refractivity contribution < 1.29 is 13.6 Å². The number of hydrogen-bond acceptors (Lipinski definition) is 1. The molecule has 0 N–H and O–H groups in total. The summed E-state index contributed by atoms with van der Waals surface area (Å²) in [4.78, 5) is 11.8. The van der Waals surface area contributed by atoms with Gasteiger partial charge in [0, 0.05) is 12.0 Å². The number of carbonyl (C=O) groups is 1. The Morgan fingerprint density at radius 1 is 0.947 bits per heavy atom. The second-order valence-corrected chi connectivity index (χ2v) is 4.36. The van der Waals surface area contributed by atoms with Crippen LogP contribution in [-0.2, 0) is 6.42 Å². The van der Waals surface area contributed by atoms with E-state index in [9.17, 15) is 13.6 Å². The van der Waals surface area contributed by atoms with E-state index in [1.165, 1.54) is 6.07 Å². The minimum Gasteiger partial charge on any atom is -0.294 e. The summed E-state index contributed by atoms with van der Waals surface area (Å²) in [5.74, 6) is -1.63. The molecule has 0 aliphatic heterocycles. The van der Waals surface area contributed by atoms with E-state index in [0.717, 1.165) is 6.07 Å². The first-order chi connectivity index (χ1) is 9.18. The van der Waals surface area contributed by atoms with E-state index in [2.05, 4.69) is 0 Å². The van der Waals surface area contributed by atoms with E-state index in [-0.39, 0.29) is 5.78 Å². The summed E-state index contributed by atoms with van der Waals surface area (Å²) < 4.78 is 26.4. The van der Waals surface area contributed by atoms with Gasteiger partial charge in [0.15, 0.2) is 17.4 Å². The van der Waals surface area contributed by atoms with E-state index in [4.69, 9.17) is 0 Å². The highest BCUT2D eigenvalue weighted by Crippen LogP contribution is 2.15. The molecule has 0 fully saturated rings. The van der Waals surface area contributed by atoms with Crippen molar-refractivity contribution in [3.63, 3.8) is 0 Å². The molecule has 0 aliphatic rings. The number of carbonyl (C=O) groups excluding carboxylic acids is 1. The van der Waals surface area contributed by atoms with Gasteiger partial charge in [-0.3, -0.25) is 4.79 Å². The van der Waals surface area contributed by atoms with E-state index in [0.29, 0.717) is 30.4 Å². The van der Waals surface area contributed by atoms with Gasteiger partial charge in [0.05, 0.1) is 0 Å². The maximum Gasteiger partial charge on any atom is 0.162 e. The molecule has 0 aliphatic carbocycles. The number of hydrogen-bond donors (Lipinski definition) is 0. The molecule has 0 heterocycles. The lowest BCUT2D eigenvalue weighted by atomic mass is 10.0. The third-order valence-corrected chi connectivity index (χ3v) is 2.98. The molecule has 0 aromatic heterocycles. The van der Waals surface area contributed by atoms with Crippen LogP contribution >= 0.6 is 0 Å². The summed E-state index contributed by atoms with van der Waals surface area (Å²) in [5.41, 5.74) is 0.975. The van der Waals surface area contributed by atoms with E-state index >= 15 is 0 Å². The molecule has 0 atom stereocenters. The molecule has 0 spiro atoms. The van der Waals surface area contributed by atoms with Gasteiger partial charge in [-0.15, -0.1) is 0 Å². The number of halogens is 2. The fraction of sp³-hybridized carbons (Fsp3) is 0.188. The minimum absolute atomic E-state index is 0.0254. The Labute approximate surface area is 110 Å². The monoisotopic (exact) mass is 260 g/mol. The van der Waals surface area contributed by atoms with Crippen molar-refractivity contribution >= 4 is 5.78 Å². The van der Waals surface area contributed by atoms with Crippen LogP contribution < -0.4 is 0 Å². The molecule has 19 heavy (non-hydrogen) atoms. The predicted molar refractivity (Wildman–Crippen MR) is 70.1 cm³/mol. The average Bonchev–Trinajstić information content (AvgIpc) is 2.44. The largest absolute Gasteiger partial charge is 0.294 e. The molecule has 0 bridgehead atoms. The van der Waals surface area contributed by atoms with Crippen molar-refractivity contribution in [3.05, 3.63) is 71.3 Å². The topological polar surface area (TPSA) is 17.1 Å². The van der Waals surface area contributed by atoms with Gasteiger partial charge in [0.25, 0.3) is 0 Å². The van der Waals surface area contributed by atoms with Gasteiger partial charge < -0.3 is 0 Å². The molecule has 0 radical (unpaired) electrons. The lowest BCUT2D eigenvalue weighted by Crippen LogP contribution is -2.01. The van der Waals surface area contributed by atoms with Gasteiger partial charge in [0.2, 0.25) is 0 Å². The third-order valence-electron chi connectivity index (χ3n) is 2.98. The normalized spacial score (nSPS) is 10.4. The number of Topliss-reactive ketones (excluding diaryl/α,β-unsaturated/α-hetero) is 1. The van der Waals surface area contributed by atoms with Crippen LogP contribution in [0.25, 0.3) is 0 Å². The number of benzene rings is 2. The average molecular weight is 260 g/mol. The van der Waals surface area contributed by atoms with Crippen LogP contribution in [0.4, 0.5) is 8.78 Å². The lowest BCUT2D eigenvalue weighted by molar-refractivity contribution is 0.0980. The Kier molecular flexibility index (Phi) is 4.39. The van der Waals surface area contributed by atoms with Gasteiger partial charge in [0.1, 0.15) is 0 Å². The Balaban J connectivity index is 1.90. The SMILES string of the molecule is O=C(CCCc1cccc(F)c1F)c1ccccc1. The zero-order valence-corrected chi connectivity index (χ0v) is 10.4. The molecule has 3 heteroatoms. The first-order valence-corrected chi connectivity index (χ1v) is 6.19. The summed E-state index contributed by atoms with van der Waals surface area (Å²) in [7, 11) is 0. The van der Waals surface area contributed by atoms with Gasteiger partial charge in [-0.05, 0) is 24.5 Å². The van der Waals surface area contributed by atoms with Crippen LogP contribution in [0.15, 0.2) is 48.5 Å². The fourth-order valence-corrected chi connectivity index (χ4v) is 1.95. The highest BCUT2D eigenvalue weighted by molar-refractivity contribution is 5.95. The fourth-order valence-electron chi connectivity index (χ4n) is 1.95. The number of ketones is 1. The molecule has 0 saturated heterocycles. The standard InChI is InChI=1S/C16H14F2O/c17-14-10-4-8-13(16(14)18)9-5-11-15(19)12-6-2-1-3-7-12/h1-4,6-8,10H,5,9,11H2. The van der Waals surface area contributed by atoms with Crippen molar-refractivity contribution in [1.82, 2.24) is 0 Å². The van der Waals surface area contributed by atoms with Crippen molar-refractivity contribution in [2.45, 2.75) is 19.3 Å². The molecular weight excluding hydrogens is 246 g/mol. The molecule has 2 aromatic rings. The van der Waals surface area contributed by atoms with Gasteiger partial charge in [-0.2, -0.15) is 0 Å². The molecule has 1 nitrogen and oxygen atoms in total. The van der Waals surface area contributed by atoms with Crippen molar-refractivity contribution in [3.8, 4) is 0 Å². The minimum atomic E-state index is -0.841. The molecule has 0 saturated carbocycles. The van der Waals surface area contributed by atoms with Crippen LogP contribution in [0.2, 0.25) is 0 Å². The zero-order valence-electron chi connectivity index (χ0n) is 10.4. The lowest BCUT2D eigenvalue weighted by Gasteiger charge is -2.04. The summed E-state index contributed by atoms with van der Waals surface area (Å²) >= 11 is 0. The van der Waals surface area contributed by atoms with Crippen molar-refractivity contribution in [2.75, 3.05) is 0 Å². The number of rotatable bonds is 5. The Hall–Kier alpha value is -2.03. The van der Waals surface area contributed by atoms with Crippen LogP contribution in [0.5, 0.6) is 0 Å². The van der Waals surface area contributed by atoms with E-state index in [1.54, 1.807) is 30.3 Å². The highest BCUT2D eigenvalue weighted by Gasteiger charge is 2.09. The maximum absolute atomic E-state index is 13.4. The Morgan fingerprint density at radius 3 is 2.42 bits per heavy atom. The molecule has 2 aromatic carbocycles. The van der Waals surface area contributed by atoms with Crippen LogP contribution in [0, 0.1) is 11.6 Å². The van der Waals surface area contributed by atoms with Crippen LogP contribution in [0.3, 0.4) is 0 Å². The van der Waals surface area contributed by atoms with Crippen molar-refractivity contribution in [2.24, 2.45) is 0 Å². The van der Waals surface area contributed by atoms with E-state index < -0.39 is 11.6 Å². The highest BCUT2D eigenvalue weighted by atomic mass is 19.2. The first-order valence-electron chi connectivity index (χ1n) is 6.19. The molecule has 0 unspecified atom stereocenters. The second-order valence-electron chi connectivity index (χ2n) is 4.36. The quantitative estimate of drug-likeness (QED) is 0.737. The number of aryl methyl sites for hydroxylation is 1. The Morgan fingerprint density at radius 2 is 1.68 bits per heavy atom. The third kappa shape index (κ3) is 3.47. The summed E-state index contributed by atoms with van der Waals surface area (Å²) in [6, 6.07) is 13.1. The summed E-state index contributed by atoms with van der Waals surface area (Å²) in [6.07, 6.45) is 1.20. The second kappa shape index (κ2) is 6.23. The van der Waals surface area contributed by atoms with Crippen LogP contribution in [0.1, 0.15) is 28.8 Å². The predicted octanol–water partition coefficient (Wildman–Crippen LogP) is 4.17. The van der Waals surface area contributed by atoms with Gasteiger partial charge in [-0.1, -0.05) is 42.5 Å². The molecule has 0 amide bonds. The van der Waals surface area contributed by atoms with Gasteiger partial charge in [-0.25, -0.2) is 8.78 Å².